The second kappa shape index (κ2) is 8.65. The van der Waals surface area contributed by atoms with E-state index < -0.39 is 4.87 Å². The van der Waals surface area contributed by atoms with Crippen molar-refractivity contribution in [3.8, 4) is 0 Å². The van der Waals surface area contributed by atoms with Gasteiger partial charge < -0.3 is 5.32 Å². The zero-order valence-electron chi connectivity index (χ0n) is 19.1. The molecule has 0 bridgehead atoms. The van der Waals surface area contributed by atoms with Crippen molar-refractivity contribution in [2.45, 2.75) is 25.1 Å². The standard InChI is InChI=1S/C27H25N3O3S/c1-3-19-11-9-10-18(2)25(19)28-23(31)16-29-22-15-8-7-14-21(22)27(26(29)33)30(24(32)17-34-27)20-12-5-4-6-13-20/h4-15H,3,16-17H2,1-2H3,(H,28,31). The molecule has 3 aromatic carbocycles. The number of carbonyl (C=O) groups excluding carboxylic acids is 3. The Labute approximate surface area is 202 Å². The molecule has 3 amide bonds. The summed E-state index contributed by atoms with van der Waals surface area (Å²) in [6.45, 7) is 3.87. The summed E-state index contributed by atoms with van der Waals surface area (Å²) in [6, 6.07) is 22.6. The fourth-order valence-corrected chi connectivity index (χ4v) is 6.17. The van der Waals surface area contributed by atoms with Crippen LogP contribution in [-0.2, 0) is 25.7 Å². The highest BCUT2D eigenvalue weighted by Crippen LogP contribution is 2.55. The number of carbonyl (C=O) groups is 3. The van der Waals surface area contributed by atoms with Gasteiger partial charge in [-0.2, -0.15) is 0 Å². The number of nitrogens with one attached hydrogen (secondary N) is 1. The average Bonchev–Trinajstić information content (AvgIpc) is 3.32. The van der Waals surface area contributed by atoms with E-state index in [1.54, 1.807) is 4.90 Å². The molecule has 3 aromatic rings. The molecule has 1 unspecified atom stereocenters. The smallest absolute Gasteiger partial charge is 0.269 e. The van der Waals surface area contributed by atoms with Crippen LogP contribution in [0.2, 0.25) is 0 Å². The first-order valence-electron chi connectivity index (χ1n) is 11.3. The Morgan fingerprint density at radius 3 is 2.50 bits per heavy atom. The van der Waals surface area contributed by atoms with Gasteiger partial charge in [0.25, 0.3) is 5.91 Å². The number of amides is 3. The minimum Gasteiger partial charge on any atom is -0.324 e. The maximum Gasteiger partial charge on any atom is 0.269 e. The molecular weight excluding hydrogens is 446 g/mol. The summed E-state index contributed by atoms with van der Waals surface area (Å²) >= 11 is 1.31. The van der Waals surface area contributed by atoms with Crippen molar-refractivity contribution < 1.29 is 14.4 Å². The minimum atomic E-state index is -1.22. The third kappa shape index (κ3) is 3.39. The maximum absolute atomic E-state index is 14.0. The highest BCUT2D eigenvalue weighted by Gasteiger charge is 2.61. The molecule has 6 nitrogen and oxygen atoms in total. The van der Waals surface area contributed by atoms with Gasteiger partial charge in [0.05, 0.1) is 11.4 Å². The van der Waals surface area contributed by atoms with Gasteiger partial charge in [-0.1, -0.05) is 61.5 Å². The monoisotopic (exact) mass is 471 g/mol. The molecule has 5 rings (SSSR count). The highest BCUT2D eigenvalue weighted by molar-refractivity contribution is 8.02. The number of anilines is 3. The summed E-state index contributed by atoms with van der Waals surface area (Å²) in [5, 5.41) is 3.02. The predicted molar refractivity (Wildman–Crippen MR) is 136 cm³/mol. The lowest BCUT2D eigenvalue weighted by Gasteiger charge is -2.33. The highest BCUT2D eigenvalue weighted by atomic mass is 32.2. The third-order valence-corrected chi connectivity index (χ3v) is 7.77. The normalized spacial score (nSPS) is 19.1. The fourth-order valence-electron chi connectivity index (χ4n) is 4.81. The third-order valence-electron chi connectivity index (χ3n) is 6.38. The van der Waals surface area contributed by atoms with Gasteiger partial charge >= 0.3 is 0 Å². The molecule has 172 valence electrons. The van der Waals surface area contributed by atoms with Gasteiger partial charge in [-0.05, 0) is 42.7 Å². The lowest BCUT2D eigenvalue weighted by molar-refractivity contribution is -0.124. The van der Waals surface area contributed by atoms with Gasteiger partial charge in [0, 0.05) is 16.9 Å². The Hall–Kier alpha value is -3.58. The number of hydrogen-bond donors (Lipinski definition) is 1. The van der Waals surface area contributed by atoms with Crippen molar-refractivity contribution in [1.82, 2.24) is 0 Å². The van der Waals surface area contributed by atoms with Gasteiger partial charge in [0.1, 0.15) is 6.54 Å². The summed E-state index contributed by atoms with van der Waals surface area (Å²) < 4.78 is 0. The fraction of sp³-hybridized carbons (Fsp3) is 0.222. The second-order valence-corrected chi connectivity index (χ2v) is 9.58. The van der Waals surface area contributed by atoms with Crippen LogP contribution in [0.15, 0.2) is 72.8 Å². The van der Waals surface area contributed by atoms with Crippen LogP contribution in [0.5, 0.6) is 0 Å². The van der Waals surface area contributed by atoms with E-state index >= 15 is 0 Å². The number of nitrogens with zero attached hydrogens (tertiary/aromatic N) is 2. The Balaban J connectivity index is 1.51. The number of benzene rings is 3. The van der Waals surface area contributed by atoms with E-state index in [4.69, 9.17) is 0 Å². The van der Waals surface area contributed by atoms with Crippen LogP contribution in [-0.4, -0.2) is 30.0 Å². The van der Waals surface area contributed by atoms with Crippen molar-refractivity contribution >= 4 is 46.5 Å². The number of hydrogen-bond acceptors (Lipinski definition) is 4. The molecule has 1 atom stereocenters. The lowest BCUT2D eigenvalue weighted by atomic mass is 10.0. The number of para-hydroxylation sites is 3. The van der Waals surface area contributed by atoms with E-state index in [1.807, 2.05) is 86.6 Å². The van der Waals surface area contributed by atoms with E-state index in [0.717, 1.165) is 28.8 Å². The van der Waals surface area contributed by atoms with Gasteiger partial charge in [-0.3, -0.25) is 24.2 Å². The summed E-state index contributed by atoms with van der Waals surface area (Å²) in [7, 11) is 0. The summed E-state index contributed by atoms with van der Waals surface area (Å²) in [4.78, 5) is 42.1. The van der Waals surface area contributed by atoms with Crippen molar-refractivity contribution in [2.75, 3.05) is 27.4 Å². The first-order chi connectivity index (χ1) is 16.5. The van der Waals surface area contributed by atoms with Crippen LogP contribution in [0, 0.1) is 6.92 Å². The van der Waals surface area contributed by atoms with Crippen molar-refractivity contribution in [1.29, 1.82) is 0 Å². The first kappa shape index (κ1) is 22.2. The molecule has 2 aliphatic rings. The molecule has 2 aliphatic heterocycles. The first-order valence-corrected chi connectivity index (χ1v) is 12.3. The molecule has 7 heteroatoms. The Bertz CT molecular complexity index is 1290. The quantitative estimate of drug-likeness (QED) is 0.596. The molecule has 2 heterocycles. The molecule has 0 aliphatic carbocycles. The Morgan fingerprint density at radius 2 is 1.74 bits per heavy atom. The average molecular weight is 472 g/mol. The summed E-state index contributed by atoms with van der Waals surface area (Å²) in [5.74, 6) is -0.482. The Kier molecular flexibility index (Phi) is 5.65. The van der Waals surface area contributed by atoms with Crippen LogP contribution in [0.3, 0.4) is 0 Å². The van der Waals surface area contributed by atoms with Crippen molar-refractivity contribution in [3.63, 3.8) is 0 Å². The molecule has 1 fully saturated rings. The molecule has 0 saturated carbocycles. The van der Waals surface area contributed by atoms with Crippen molar-refractivity contribution in [2.24, 2.45) is 0 Å². The van der Waals surface area contributed by atoms with Gasteiger partial charge in [0.2, 0.25) is 16.7 Å². The van der Waals surface area contributed by atoms with Gasteiger partial charge in [-0.15, -0.1) is 11.8 Å². The van der Waals surface area contributed by atoms with E-state index in [1.165, 1.54) is 16.7 Å². The molecule has 1 N–H and O–H groups in total. The largest absolute Gasteiger partial charge is 0.324 e. The molecule has 0 radical (unpaired) electrons. The van der Waals surface area contributed by atoms with E-state index in [2.05, 4.69) is 5.32 Å². The number of thioether (sulfide) groups is 1. The number of aryl methyl sites for hydroxylation is 2. The zero-order chi connectivity index (χ0) is 23.9. The van der Waals surface area contributed by atoms with E-state index in [0.29, 0.717) is 11.4 Å². The van der Waals surface area contributed by atoms with Crippen LogP contribution >= 0.6 is 11.8 Å². The van der Waals surface area contributed by atoms with Crippen molar-refractivity contribution in [3.05, 3.63) is 89.5 Å². The van der Waals surface area contributed by atoms with Crippen LogP contribution in [0.1, 0.15) is 23.6 Å². The van der Waals surface area contributed by atoms with Crippen LogP contribution < -0.4 is 15.1 Å². The molecule has 0 aromatic heterocycles. The Morgan fingerprint density at radius 1 is 1.00 bits per heavy atom. The number of fused-ring (bicyclic) bond motifs is 2. The second-order valence-electron chi connectivity index (χ2n) is 8.42. The molecule has 1 saturated heterocycles. The van der Waals surface area contributed by atoms with Crippen LogP contribution in [0.25, 0.3) is 0 Å². The van der Waals surface area contributed by atoms with Gasteiger partial charge in [-0.25, -0.2) is 0 Å². The predicted octanol–water partition coefficient (Wildman–Crippen LogP) is 4.48. The van der Waals surface area contributed by atoms with E-state index in [-0.39, 0.29) is 30.0 Å². The topological polar surface area (TPSA) is 69.7 Å². The molecule has 34 heavy (non-hydrogen) atoms. The lowest BCUT2D eigenvalue weighted by Crippen LogP contribution is -2.50. The summed E-state index contributed by atoms with van der Waals surface area (Å²) in [5.41, 5.74) is 4.87. The number of rotatable bonds is 5. The SMILES string of the molecule is CCc1cccc(C)c1NC(=O)CN1C(=O)C2(SCC(=O)N2c2ccccc2)c2ccccc21. The molecular formula is C27H25N3O3S. The van der Waals surface area contributed by atoms with E-state index in [9.17, 15) is 14.4 Å². The molecule has 1 spiro atoms. The van der Waals surface area contributed by atoms with Crippen LogP contribution in [0.4, 0.5) is 17.1 Å². The maximum atomic E-state index is 14.0. The zero-order valence-corrected chi connectivity index (χ0v) is 19.9. The van der Waals surface area contributed by atoms with Gasteiger partial charge in [0.15, 0.2) is 0 Å². The summed E-state index contributed by atoms with van der Waals surface area (Å²) in [6.07, 6.45) is 0.788. The minimum absolute atomic E-state index is 0.127.